The molecule has 6 heteroatoms. The van der Waals surface area contributed by atoms with Crippen LogP contribution >= 0.6 is 0 Å². The van der Waals surface area contributed by atoms with Gasteiger partial charge in [-0.15, -0.1) is 0 Å². The van der Waals surface area contributed by atoms with Crippen LogP contribution in [0, 0.1) is 0 Å². The SMILES string of the molecule is CCC(=O)C1(NC)COC(NC)(NC)O1. The largest absolute Gasteiger partial charge is 0.320 e. The van der Waals surface area contributed by atoms with E-state index in [1.165, 1.54) is 0 Å². The van der Waals surface area contributed by atoms with Crippen LogP contribution in [0.3, 0.4) is 0 Å². The molecule has 1 aliphatic rings. The average molecular weight is 217 g/mol. The van der Waals surface area contributed by atoms with Crippen molar-refractivity contribution in [3.05, 3.63) is 0 Å². The van der Waals surface area contributed by atoms with Crippen molar-refractivity contribution in [2.45, 2.75) is 25.1 Å². The Morgan fingerprint density at radius 2 is 1.87 bits per heavy atom. The molecule has 15 heavy (non-hydrogen) atoms. The van der Waals surface area contributed by atoms with Crippen LogP contribution in [0.1, 0.15) is 13.3 Å². The summed E-state index contributed by atoms with van der Waals surface area (Å²) in [7, 11) is 5.07. The molecule has 0 aromatic carbocycles. The lowest BCUT2D eigenvalue weighted by Crippen LogP contribution is -2.60. The van der Waals surface area contributed by atoms with Crippen molar-refractivity contribution in [3.63, 3.8) is 0 Å². The second-order valence-electron chi connectivity index (χ2n) is 3.36. The minimum absolute atomic E-state index is 0.0302. The normalized spacial score (nSPS) is 29.3. The highest BCUT2D eigenvalue weighted by atomic mass is 16.8. The summed E-state index contributed by atoms with van der Waals surface area (Å²) in [4.78, 5) is 11.8. The summed E-state index contributed by atoms with van der Waals surface area (Å²) < 4.78 is 11.1. The van der Waals surface area contributed by atoms with Gasteiger partial charge in [-0.05, 0) is 21.1 Å². The number of hydrogen-bond donors (Lipinski definition) is 3. The van der Waals surface area contributed by atoms with E-state index in [4.69, 9.17) is 9.47 Å². The van der Waals surface area contributed by atoms with Crippen LogP contribution in [0.25, 0.3) is 0 Å². The molecule has 1 heterocycles. The summed E-state index contributed by atoms with van der Waals surface area (Å²) in [5.41, 5.74) is -1.05. The maximum atomic E-state index is 11.8. The second kappa shape index (κ2) is 4.54. The molecular formula is C9H19N3O3. The second-order valence-corrected chi connectivity index (χ2v) is 3.36. The van der Waals surface area contributed by atoms with Crippen LogP contribution in [0.4, 0.5) is 0 Å². The Bertz CT molecular complexity index is 243. The number of hydrogen-bond acceptors (Lipinski definition) is 6. The Balaban J connectivity index is 2.85. The van der Waals surface area contributed by atoms with Crippen LogP contribution < -0.4 is 16.0 Å². The Kier molecular flexibility index (Phi) is 3.80. The lowest BCUT2D eigenvalue weighted by atomic mass is 10.1. The molecule has 0 amide bonds. The maximum Gasteiger partial charge on any atom is 0.293 e. The Hall–Kier alpha value is -0.530. The van der Waals surface area contributed by atoms with Gasteiger partial charge in [0.25, 0.3) is 6.03 Å². The fraction of sp³-hybridized carbons (Fsp3) is 0.889. The van der Waals surface area contributed by atoms with E-state index in [9.17, 15) is 4.79 Å². The van der Waals surface area contributed by atoms with E-state index in [1.807, 2.05) is 0 Å². The fourth-order valence-corrected chi connectivity index (χ4v) is 1.56. The standard InChI is InChI=1S/C9H19N3O3/c1-5-7(13)8(10-2)6-14-9(11-3,12-4)15-8/h10-12H,5-6H2,1-4H3. The maximum absolute atomic E-state index is 11.8. The molecule has 1 rings (SSSR count). The topological polar surface area (TPSA) is 71.6 Å². The Labute approximate surface area is 89.7 Å². The zero-order chi connectivity index (χ0) is 11.5. The number of Topliss-reactive ketones (excluding diaryl/α,β-unsaturated/α-hetero) is 1. The zero-order valence-electron chi connectivity index (χ0n) is 9.64. The minimum Gasteiger partial charge on any atom is -0.320 e. The van der Waals surface area contributed by atoms with Crippen molar-refractivity contribution in [2.75, 3.05) is 27.7 Å². The highest BCUT2D eigenvalue weighted by molar-refractivity contribution is 5.87. The van der Waals surface area contributed by atoms with Gasteiger partial charge < -0.3 is 4.74 Å². The summed E-state index contributed by atoms with van der Waals surface area (Å²) in [6.07, 6.45) is 0.397. The predicted octanol–water partition coefficient (Wildman–Crippen LogP) is -1.02. The lowest BCUT2D eigenvalue weighted by Gasteiger charge is -2.30. The molecule has 0 spiro atoms. The van der Waals surface area contributed by atoms with Gasteiger partial charge in [0.05, 0.1) is 0 Å². The quantitative estimate of drug-likeness (QED) is 0.512. The van der Waals surface area contributed by atoms with Gasteiger partial charge in [-0.1, -0.05) is 6.92 Å². The van der Waals surface area contributed by atoms with E-state index < -0.39 is 11.8 Å². The van der Waals surface area contributed by atoms with Crippen molar-refractivity contribution < 1.29 is 14.3 Å². The van der Waals surface area contributed by atoms with E-state index in [-0.39, 0.29) is 12.4 Å². The van der Waals surface area contributed by atoms with E-state index in [0.717, 1.165) is 0 Å². The average Bonchev–Trinajstić information content (AvgIpc) is 2.69. The number of carbonyl (C=O) groups excluding carboxylic acids is 1. The van der Waals surface area contributed by atoms with Gasteiger partial charge in [-0.2, -0.15) is 0 Å². The molecule has 1 saturated heterocycles. The molecule has 6 nitrogen and oxygen atoms in total. The van der Waals surface area contributed by atoms with Gasteiger partial charge in [0.1, 0.15) is 6.61 Å². The minimum atomic E-state index is -1.09. The van der Waals surface area contributed by atoms with Gasteiger partial charge in [0, 0.05) is 6.42 Å². The molecule has 1 atom stereocenters. The summed E-state index contributed by atoms with van der Waals surface area (Å²) in [5.74, 6) is -0.0302. The number of ketones is 1. The van der Waals surface area contributed by atoms with Gasteiger partial charge >= 0.3 is 0 Å². The van der Waals surface area contributed by atoms with Crippen LogP contribution in [0.2, 0.25) is 0 Å². The summed E-state index contributed by atoms with van der Waals surface area (Å²) >= 11 is 0. The van der Waals surface area contributed by atoms with Crippen LogP contribution in [-0.4, -0.2) is 45.3 Å². The zero-order valence-corrected chi connectivity index (χ0v) is 9.64. The van der Waals surface area contributed by atoms with E-state index in [2.05, 4.69) is 16.0 Å². The van der Waals surface area contributed by atoms with Crippen molar-refractivity contribution in [1.29, 1.82) is 0 Å². The molecule has 88 valence electrons. The molecule has 0 aliphatic carbocycles. The molecule has 0 aromatic rings. The number of carbonyl (C=O) groups is 1. The first-order valence-electron chi connectivity index (χ1n) is 5.02. The monoisotopic (exact) mass is 217 g/mol. The smallest absolute Gasteiger partial charge is 0.293 e. The van der Waals surface area contributed by atoms with Crippen LogP contribution in [0.15, 0.2) is 0 Å². The first-order valence-corrected chi connectivity index (χ1v) is 5.02. The summed E-state index contributed by atoms with van der Waals surface area (Å²) in [6, 6.07) is -1.09. The number of rotatable bonds is 5. The highest BCUT2D eigenvalue weighted by Gasteiger charge is 2.52. The molecule has 3 N–H and O–H groups in total. The molecule has 0 bridgehead atoms. The van der Waals surface area contributed by atoms with Crippen molar-refractivity contribution in [1.82, 2.24) is 16.0 Å². The highest BCUT2D eigenvalue weighted by Crippen LogP contribution is 2.26. The third-order valence-corrected chi connectivity index (χ3v) is 2.63. The molecule has 1 aliphatic heterocycles. The fourth-order valence-electron chi connectivity index (χ4n) is 1.56. The summed E-state index contributed by atoms with van der Waals surface area (Å²) in [5, 5.41) is 8.57. The third kappa shape index (κ3) is 2.04. The van der Waals surface area contributed by atoms with Gasteiger partial charge in [0.2, 0.25) is 5.72 Å². The van der Waals surface area contributed by atoms with Crippen molar-refractivity contribution >= 4 is 5.78 Å². The van der Waals surface area contributed by atoms with Gasteiger partial charge in [-0.3, -0.25) is 25.5 Å². The lowest BCUT2D eigenvalue weighted by molar-refractivity contribution is -0.225. The first-order chi connectivity index (χ1) is 7.08. The van der Waals surface area contributed by atoms with E-state index in [1.54, 1.807) is 28.1 Å². The van der Waals surface area contributed by atoms with Gasteiger partial charge in [-0.25, -0.2) is 0 Å². The molecular weight excluding hydrogens is 198 g/mol. The predicted molar refractivity (Wildman–Crippen MR) is 55.0 cm³/mol. The molecule has 0 saturated carbocycles. The number of nitrogens with one attached hydrogen (secondary N) is 3. The van der Waals surface area contributed by atoms with Crippen molar-refractivity contribution in [3.8, 4) is 0 Å². The molecule has 0 radical (unpaired) electrons. The molecule has 0 aromatic heterocycles. The summed E-state index contributed by atoms with van der Waals surface area (Å²) in [6.45, 7) is 1.97. The van der Waals surface area contributed by atoms with Crippen LogP contribution in [0.5, 0.6) is 0 Å². The third-order valence-electron chi connectivity index (χ3n) is 2.63. The van der Waals surface area contributed by atoms with Crippen molar-refractivity contribution in [2.24, 2.45) is 0 Å². The van der Waals surface area contributed by atoms with E-state index in [0.29, 0.717) is 6.42 Å². The first kappa shape index (κ1) is 12.5. The molecule has 1 unspecified atom stereocenters. The van der Waals surface area contributed by atoms with E-state index >= 15 is 0 Å². The Morgan fingerprint density at radius 3 is 2.20 bits per heavy atom. The number of ether oxygens (including phenoxy) is 2. The molecule has 1 fully saturated rings. The van der Waals surface area contributed by atoms with Crippen LogP contribution in [-0.2, 0) is 14.3 Å². The van der Waals surface area contributed by atoms with Gasteiger partial charge in [0.15, 0.2) is 5.78 Å². The number of likely N-dealkylation sites (N-methyl/N-ethyl adjacent to an activating group) is 1. The Morgan fingerprint density at radius 1 is 1.27 bits per heavy atom.